The lowest BCUT2D eigenvalue weighted by molar-refractivity contribution is 0.0684. The minimum atomic E-state index is 0.186. The standard InChI is InChI=1S/C29H39NO2S2/c1-28(2)20-25(30-27(34)32-19-16-24-12-8-5-9-13-24)21-29(3,22-28)17-14-26(33)31-18-15-23-10-6-4-7-11-23/h4-13,25H,14-22H2,1-3H3,(H,30,34). The summed E-state index contributed by atoms with van der Waals surface area (Å²) >= 11 is 11.1. The fraction of sp³-hybridized carbons (Fsp3) is 0.517. The lowest BCUT2D eigenvalue weighted by atomic mass is 9.61. The highest BCUT2D eigenvalue weighted by molar-refractivity contribution is 7.80. The second-order valence-electron chi connectivity index (χ2n) is 10.7. The molecule has 0 heterocycles. The molecular formula is C29H39NO2S2. The Hall–Kier alpha value is -1.98. The topological polar surface area (TPSA) is 30.5 Å². The van der Waals surface area contributed by atoms with Crippen molar-refractivity contribution in [2.75, 3.05) is 13.2 Å². The number of thiocarbonyl (C=S) groups is 2. The monoisotopic (exact) mass is 497 g/mol. The largest absolute Gasteiger partial charge is 0.487 e. The van der Waals surface area contributed by atoms with Gasteiger partial charge in [0.25, 0.3) is 5.17 Å². The zero-order valence-electron chi connectivity index (χ0n) is 20.8. The normalized spacial score (nSPS) is 21.4. The molecule has 1 aliphatic carbocycles. The van der Waals surface area contributed by atoms with Crippen LogP contribution in [-0.4, -0.2) is 29.5 Å². The quantitative estimate of drug-likeness (QED) is 0.355. The van der Waals surface area contributed by atoms with Gasteiger partial charge in [0.05, 0.1) is 13.2 Å². The Bertz CT molecular complexity index is 916. The minimum absolute atomic E-state index is 0.186. The second kappa shape index (κ2) is 12.6. The van der Waals surface area contributed by atoms with Crippen molar-refractivity contribution in [3.05, 3.63) is 71.8 Å². The van der Waals surface area contributed by atoms with E-state index in [2.05, 4.69) is 74.6 Å². The van der Waals surface area contributed by atoms with Crippen molar-refractivity contribution in [3.8, 4) is 0 Å². The number of nitrogens with one attached hydrogen (secondary N) is 1. The summed E-state index contributed by atoms with van der Waals surface area (Å²) in [5.41, 5.74) is 2.97. The summed E-state index contributed by atoms with van der Waals surface area (Å²) < 4.78 is 11.7. The molecule has 0 aromatic heterocycles. The van der Waals surface area contributed by atoms with E-state index < -0.39 is 0 Å². The number of hydrogen-bond donors (Lipinski definition) is 1. The molecular weight excluding hydrogens is 458 g/mol. The van der Waals surface area contributed by atoms with E-state index in [0.29, 0.717) is 24.4 Å². The van der Waals surface area contributed by atoms with Gasteiger partial charge in [-0.3, -0.25) is 0 Å². The van der Waals surface area contributed by atoms with Gasteiger partial charge in [-0.25, -0.2) is 0 Å². The number of benzene rings is 2. The molecule has 1 saturated carbocycles. The molecule has 0 spiro atoms. The van der Waals surface area contributed by atoms with E-state index in [9.17, 15) is 0 Å². The summed E-state index contributed by atoms with van der Waals surface area (Å²) in [6, 6.07) is 21.1. The summed E-state index contributed by atoms with van der Waals surface area (Å²) in [6.45, 7) is 8.33. The first-order chi connectivity index (χ1) is 16.2. The van der Waals surface area contributed by atoms with Gasteiger partial charge >= 0.3 is 0 Å². The van der Waals surface area contributed by atoms with Crippen molar-refractivity contribution in [2.45, 2.75) is 71.8 Å². The van der Waals surface area contributed by atoms with Crippen LogP contribution in [0.15, 0.2) is 60.7 Å². The molecule has 3 rings (SSSR count). The minimum Gasteiger partial charge on any atom is -0.487 e. The van der Waals surface area contributed by atoms with Crippen LogP contribution in [0.25, 0.3) is 0 Å². The van der Waals surface area contributed by atoms with Crippen LogP contribution >= 0.6 is 24.4 Å². The molecule has 2 aromatic rings. The van der Waals surface area contributed by atoms with Gasteiger partial charge in [-0.2, -0.15) is 0 Å². The van der Waals surface area contributed by atoms with E-state index in [4.69, 9.17) is 33.9 Å². The SMILES string of the molecule is CC1(C)CC(NC(=S)OCCc2ccccc2)CC(C)(CCC(=S)OCCc2ccccc2)C1. The van der Waals surface area contributed by atoms with Crippen molar-refractivity contribution >= 4 is 34.7 Å². The first-order valence-corrected chi connectivity index (χ1v) is 13.2. The van der Waals surface area contributed by atoms with E-state index in [0.717, 1.165) is 43.6 Å². The predicted octanol–water partition coefficient (Wildman–Crippen LogP) is 7.07. The van der Waals surface area contributed by atoms with Crippen molar-refractivity contribution in [1.82, 2.24) is 5.32 Å². The second-order valence-corrected chi connectivity index (χ2v) is 11.6. The average molecular weight is 498 g/mol. The van der Waals surface area contributed by atoms with Crippen LogP contribution in [0.5, 0.6) is 0 Å². The lowest BCUT2D eigenvalue weighted by Crippen LogP contribution is -2.47. The summed E-state index contributed by atoms with van der Waals surface area (Å²) in [5, 5.41) is 4.74. The van der Waals surface area contributed by atoms with Crippen LogP contribution in [-0.2, 0) is 22.3 Å². The summed E-state index contributed by atoms with van der Waals surface area (Å²) in [7, 11) is 0. The van der Waals surface area contributed by atoms with Crippen molar-refractivity contribution in [3.63, 3.8) is 0 Å². The summed E-state index contributed by atoms with van der Waals surface area (Å²) in [5.74, 6) is 0. The van der Waals surface area contributed by atoms with Crippen LogP contribution in [0.3, 0.4) is 0 Å². The molecule has 2 unspecified atom stereocenters. The Balaban J connectivity index is 1.42. The van der Waals surface area contributed by atoms with Crippen LogP contribution in [0, 0.1) is 10.8 Å². The van der Waals surface area contributed by atoms with Gasteiger partial charge in [-0.1, -0.05) is 81.4 Å². The molecule has 0 amide bonds. The van der Waals surface area contributed by atoms with E-state index in [1.807, 2.05) is 12.1 Å². The molecule has 2 aromatic carbocycles. The number of hydrogen-bond acceptors (Lipinski definition) is 4. The third-order valence-electron chi connectivity index (χ3n) is 6.66. The third kappa shape index (κ3) is 9.34. The Morgan fingerprint density at radius 2 is 1.41 bits per heavy atom. The lowest BCUT2D eigenvalue weighted by Gasteiger charge is -2.47. The highest BCUT2D eigenvalue weighted by Gasteiger charge is 2.41. The van der Waals surface area contributed by atoms with Gasteiger partial charge in [0.2, 0.25) is 0 Å². The Kier molecular flexibility index (Phi) is 9.90. The fourth-order valence-electron chi connectivity index (χ4n) is 5.44. The van der Waals surface area contributed by atoms with Crippen molar-refractivity contribution in [2.24, 2.45) is 10.8 Å². The molecule has 5 heteroatoms. The molecule has 0 radical (unpaired) electrons. The van der Waals surface area contributed by atoms with Crippen LogP contribution < -0.4 is 5.32 Å². The van der Waals surface area contributed by atoms with E-state index in [1.54, 1.807) is 0 Å². The molecule has 0 saturated heterocycles. The summed E-state index contributed by atoms with van der Waals surface area (Å²) in [4.78, 5) is 0. The van der Waals surface area contributed by atoms with Gasteiger partial charge in [0, 0.05) is 25.3 Å². The highest BCUT2D eigenvalue weighted by atomic mass is 32.1. The molecule has 1 aliphatic rings. The highest BCUT2D eigenvalue weighted by Crippen LogP contribution is 2.48. The molecule has 3 nitrogen and oxygen atoms in total. The zero-order chi connectivity index (χ0) is 24.4. The van der Waals surface area contributed by atoms with Gasteiger partial charge in [-0.15, -0.1) is 0 Å². The molecule has 2 atom stereocenters. The molecule has 1 fully saturated rings. The van der Waals surface area contributed by atoms with E-state index >= 15 is 0 Å². The molecule has 1 N–H and O–H groups in total. The average Bonchev–Trinajstić information content (AvgIpc) is 2.78. The van der Waals surface area contributed by atoms with Gasteiger partial charge in [0.15, 0.2) is 5.05 Å². The van der Waals surface area contributed by atoms with Crippen LogP contribution in [0.4, 0.5) is 0 Å². The Morgan fingerprint density at radius 1 is 0.853 bits per heavy atom. The Labute approximate surface area is 216 Å². The molecule has 0 aliphatic heterocycles. The number of rotatable bonds is 10. The molecule has 0 bridgehead atoms. The van der Waals surface area contributed by atoms with Gasteiger partial charge in [0.1, 0.15) is 0 Å². The molecule has 34 heavy (non-hydrogen) atoms. The van der Waals surface area contributed by atoms with Crippen molar-refractivity contribution in [1.29, 1.82) is 0 Å². The maximum Gasteiger partial charge on any atom is 0.256 e. The van der Waals surface area contributed by atoms with Crippen molar-refractivity contribution < 1.29 is 9.47 Å². The smallest absolute Gasteiger partial charge is 0.256 e. The maximum absolute atomic E-state index is 5.88. The first-order valence-electron chi connectivity index (χ1n) is 12.4. The number of ether oxygens (including phenoxy) is 2. The van der Waals surface area contributed by atoms with E-state index in [1.165, 1.54) is 17.5 Å². The Morgan fingerprint density at radius 3 is 2.00 bits per heavy atom. The maximum atomic E-state index is 5.88. The van der Waals surface area contributed by atoms with Gasteiger partial charge < -0.3 is 14.8 Å². The third-order valence-corrected chi connectivity index (χ3v) is 7.22. The fourth-order valence-corrected chi connectivity index (χ4v) is 5.88. The van der Waals surface area contributed by atoms with Gasteiger partial charge in [-0.05, 0) is 72.1 Å². The predicted molar refractivity (Wildman–Crippen MR) is 149 cm³/mol. The van der Waals surface area contributed by atoms with Crippen LogP contribution in [0.1, 0.15) is 64.0 Å². The summed E-state index contributed by atoms with van der Waals surface area (Å²) in [6.07, 6.45) is 6.92. The molecule has 184 valence electrons. The first kappa shape index (κ1) is 26.6. The van der Waals surface area contributed by atoms with Crippen LogP contribution in [0.2, 0.25) is 0 Å². The zero-order valence-corrected chi connectivity index (χ0v) is 22.5. The van der Waals surface area contributed by atoms with E-state index in [-0.39, 0.29) is 10.8 Å².